The highest BCUT2D eigenvalue weighted by molar-refractivity contribution is 6.00. The molecule has 1 heterocycles. The van der Waals surface area contributed by atoms with Gasteiger partial charge in [0.2, 0.25) is 0 Å². The van der Waals surface area contributed by atoms with Gasteiger partial charge in [-0.25, -0.2) is 0 Å². The summed E-state index contributed by atoms with van der Waals surface area (Å²) in [5.74, 6) is -0.152. The lowest BCUT2D eigenvalue weighted by Crippen LogP contribution is -2.45. The second-order valence-electron chi connectivity index (χ2n) is 5.28. The molecule has 2 rings (SSSR count). The minimum absolute atomic E-state index is 0.0796. The molecule has 5 nitrogen and oxygen atoms in total. The molecule has 1 amide bonds. The normalized spacial score (nSPS) is 17.9. The van der Waals surface area contributed by atoms with Crippen LogP contribution in [0, 0.1) is 0 Å². The number of nitrogens with zero attached hydrogens (tertiary/aromatic N) is 1. The first-order valence-corrected chi connectivity index (χ1v) is 6.74. The fourth-order valence-corrected chi connectivity index (χ4v) is 2.22. The van der Waals surface area contributed by atoms with Crippen molar-refractivity contribution in [1.29, 1.82) is 0 Å². The van der Waals surface area contributed by atoms with Crippen LogP contribution < -0.4 is 9.64 Å². The largest absolute Gasteiger partial charge is 0.481 e. The van der Waals surface area contributed by atoms with Gasteiger partial charge in [-0.05, 0) is 30.5 Å². The van der Waals surface area contributed by atoms with E-state index in [-0.39, 0.29) is 18.9 Å². The van der Waals surface area contributed by atoms with Crippen LogP contribution in [0.5, 0.6) is 5.75 Å². The third-order valence-electron chi connectivity index (χ3n) is 3.41. The first-order chi connectivity index (χ1) is 9.40. The molecule has 0 saturated heterocycles. The van der Waals surface area contributed by atoms with E-state index in [1.54, 1.807) is 6.92 Å². The van der Waals surface area contributed by atoms with Gasteiger partial charge in [0.05, 0.1) is 12.1 Å². The van der Waals surface area contributed by atoms with Crippen molar-refractivity contribution in [3.8, 4) is 5.75 Å². The van der Waals surface area contributed by atoms with Gasteiger partial charge in [0.25, 0.3) is 5.91 Å². The molecule has 1 unspecified atom stereocenters. The zero-order chi connectivity index (χ0) is 14.9. The van der Waals surface area contributed by atoms with Gasteiger partial charge in [0, 0.05) is 6.54 Å². The molecule has 1 aliphatic heterocycles. The van der Waals surface area contributed by atoms with Gasteiger partial charge in [-0.2, -0.15) is 0 Å². The highest BCUT2D eigenvalue weighted by Gasteiger charge is 2.31. The maximum atomic E-state index is 12.2. The summed E-state index contributed by atoms with van der Waals surface area (Å²) in [5, 5.41) is 8.82. The molecule has 0 saturated carbocycles. The number of hydrogen-bond acceptors (Lipinski definition) is 3. The summed E-state index contributed by atoms with van der Waals surface area (Å²) in [5.41, 5.74) is 1.76. The maximum absolute atomic E-state index is 12.2. The molecule has 1 aromatic carbocycles. The van der Waals surface area contributed by atoms with Crippen molar-refractivity contribution in [1.82, 2.24) is 0 Å². The summed E-state index contributed by atoms with van der Waals surface area (Å²) < 4.78 is 5.58. The molecule has 0 radical (unpaired) electrons. The number of anilines is 1. The number of fused-ring (bicyclic) bond motifs is 1. The summed E-state index contributed by atoms with van der Waals surface area (Å²) in [6.45, 7) is 5.97. The molecule has 0 aliphatic carbocycles. The van der Waals surface area contributed by atoms with Gasteiger partial charge in [-0.15, -0.1) is 0 Å². The molecule has 1 aromatic rings. The lowest BCUT2D eigenvalue weighted by Gasteiger charge is -2.33. The molecular formula is C15H19NO4. The molecule has 0 bridgehead atoms. The van der Waals surface area contributed by atoms with E-state index in [1.165, 1.54) is 4.90 Å². The Balaban J connectivity index is 2.38. The molecule has 20 heavy (non-hydrogen) atoms. The van der Waals surface area contributed by atoms with Crippen LogP contribution in [0.1, 0.15) is 38.7 Å². The van der Waals surface area contributed by atoms with Crippen LogP contribution in [0.25, 0.3) is 0 Å². The second-order valence-corrected chi connectivity index (χ2v) is 5.28. The Hall–Kier alpha value is -2.04. The minimum Gasteiger partial charge on any atom is -0.481 e. The van der Waals surface area contributed by atoms with Crippen molar-refractivity contribution in [3.05, 3.63) is 23.8 Å². The quantitative estimate of drug-likeness (QED) is 0.917. The number of ether oxygens (including phenoxy) is 1. The van der Waals surface area contributed by atoms with Crippen LogP contribution in [-0.2, 0) is 9.59 Å². The standard InChI is InChI=1S/C15H19NO4/c1-9(2)11-4-5-13-12(8-11)16(7-6-14(17)18)15(19)10(3)20-13/h4-5,8-10H,6-7H2,1-3H3,(H,17,18). The Kier molecular flexibility index (Phi) is 3.97. The maximum Gasteiger partial charge on any atom is 0.305 e. The number of aliphatic carboxylic acids is 1. The van der Waals surface area contributed by atoms with Crippen LogP contribution in [0.15, 0.2) is 18.2 Å². The summed E-state index contributed by atoms with van der Waals surface area (Å²) in [7, 11) is 0. The third kappa shape index (κ3) is 2.76. The van der Waals surface area contributed by atoms with Crippen molar-refractivity contribution in [2.45, 2.75) is 39.2 Å². The third-order valence-corrected chi connectivity index (χ3v) is 3.41. The molecule has 1 atom stereocenters. The number of carboxylic acids is 1. The van der Waals surface area contributed by atoms with E-state index in [4.69, 9.17) is 9.84 Å². The van der Waals surface area contributed by atoms with Crippen molar-refractivity contribution in [2.75, 3.05) is 11.4 Å². The minimum atomic E-state index is -0.918. The summed E-state index contributed by atoms with van der Waals surface area (Å²) in [4.78, 5) is 24.5. The average Bonchev–Trinajstić information content (AvgIpc) is 2.38. The predicted molar refractivity (Wildman–Crippen MR) is 75.2 cm³/mol. The van der Waals surface area contributed by atoms with Crippen molar-refractivity contribution < 1.29 is 19.4 Å². The molecule has 0 aromatic heterocycles. The van der Waals surface area contributed by atoms with E-state index in [0.717, 1.165) is 5.56 Å². The Labute approximate surface area is 118 Å². The highest BCUT2D eigenvalue weighted by atomic mass is 16.5. The highest BCUT2D eigenvalue weighted by Crippen LogP contribution is 2.36. The van der Waals surface area contributed by atoms with E-state index < -0.39 is 12.1 Å². The lowest BCUT2D eigenvalue weighted by atomic mass is 10.0. The molecular weight excluding hydrogens is 258 g/mol. The van der Waals surface area contributed by atoms with Gasteiger partial charge in [-0.3, -0.25) is 9.59 Å². The molecule has 0 spiro atoms. The molecule has 108 valence electrons. The molecule has 5 heteroatoms. The number of carbonyl (C=O) groups excluding carboxylic acids is 1. The average molecular weight is 277 g/mol. The second kappa shape index (κ2) is 5.53. The number of carboxylic acid groups (broad SMARTS) is 1. The number of benzene rings is 1. The molecule has 1 aliphatic rings. The van der Waals surface area contributed by atoms with Crippen molar-refractivity contribution in [2.24, 2.45) is 0 Å². The molecule has 1 N–H and O–H groups in total. The number of amides is 1. The van der Waals surface area contributed by atoms with Crippen LogP contribution in [0.4, 0.5) is 5.69 Å². The smallest absolute Gasteiger partial charge is 0.305 e. The topological polar surface area (TPSA) is 66.8 Å². The van der Waals surface area contributed by atoms with E-state index in [2.05, 4.69) is 13.8 Å². The fourth-order valence-electron chi connectivity index (χ4n) is 2.22. The van der Waals surface area contributed by atoms with Crippen LogP contribution in [0.3, 0.4) is 0 Å². The van der Waals surface area contributed by atoms with Crippen LogP contribution >= 0.6 is 0 Å². The van der Waals surface area contributed by atoms with Gasteiger partial charge < -0.3 is 14.7 Å². The SMILES string of the molecule is CC1Oc2ccc(C(C)C)cc2N(CCC(=O)O)C1=O. The number of rotatable bonds is 4. The van der Waals surface area contributed by atoms with E-state index in [1.807, 2.05) is 18.2 Å². The summed E-state index contributed by atoms with van der Waals surface area (Å²) >= 11 is 0. The fraction of sp³-hybridized carbons (Fsp3) is 0.467. The van der Waals surface area contributed by atoms with E-state index in [0.29, 0.717) is 17.4 Å². The van der Waals surface area contributed by atoms with Gasteiger partial charge in [0.1, 0.15) is 5.75 Å². The zero-order valence-corrected chi connectivity index (χ0v) is 11.9. The van der Waals surface area contributed by atoms with Gasteiger partial charge >= 0.3 is 5.97 Å². The van der Waals surface area contributed by atoms with E-state index >= 15 is 0 Å². The van der Waals surface area contributed by atoms with Crippen LogP contribution in [-0.4, -0.2) is 29.6 Å². The first-order valence-electron chi connectivity index (χ1n) is 6.74. The predicted octanol–water partition coefficient (Wildman–Crippen LogP) is 2.40. The first kappa shape index (κ1) is 14.4. The Morgan fingerprint density at radius 1 is 1.45 bits per heavy atom. The van der Waals surface area contributed by atoms with Gasteiger partial charge in [0.15, 0.2) is 6.10 Å². The Morgan fingerprint density at radius 3 is 2.75 bits per heavy atom. The zero-order valence-electron chi connectivity index (χ0n) is 11.9. The number of carbonyl (C=O) groups is 2. The van der Waals surface area contributed by atoms with Crippen molar-refractivity contribution in [3.63, 3.8) is 0 Å². The summed E-state index contributed by atoms with van der Waals surface area (Å²) in [6.07, 6.45) is -0.662. The van der Waals surface area contributed by atoms with Gasteiger partial charge in [-0.1, -0.05) is 19.9 Å². The van der Waals surface area contributed by atoms with Crippen molar-refractivity contribution >= 4 is 17.6 Å². The van der Waals surface area contributed by atoms with E-state index in [9.17, 15) is 9.59 Å². The Bertz CT molecular complexity index is 539. The Morgan fingerprint density at radius 2 is 2.15 bits per heavy atom. The monoisotopic (exact) mass is 277 g/mol. The van der Waals surface area contributed by atoms with Crippen LogP contribution in [0.2, 0.25) is 0 Å². The molecule has 0 fully saturated rings. The summed E-state index contributed by atoms with van der Waals surface area (Å²) in [6, 6.07) is 5.73. The lowest BCUT2D eigenvalue weighted by molar-refractivity contribution is -0.136. The number of hydrogen-bond donors (Lipinski definition) is 1.